The molecule has 0 heterocycles. The highest BCUT2D eigenvalue weighted by Gasteiger charge is 2.30. The van der Waals surface area contributed by atoms with E-state index in [1.54, 1.807) is 0 Å². The summed E-state index contributed by atoms with van der Waals surface area (Å²) in [6, 6.07) is 0. The van der Waals surface area contributed by atoms with Gasteiger partial charge < -0.3 is 33.8 Å². The van der Waals surface area contributed by atoms with Crippen LogP contribution in [0.25, 0.3) is 0 Å². The normalized spacial score (nSPS) is 14.7. The molecule has 3 N–H and O–H groups in total. The van der Waals surface area contributed by atoms with Crippen molar-refractivity contribution in [3.63, 3.8) is 0 Å². The van der Waals surface area contributed by atoms with Crippen LogP contribution >= 0.6 is 15.6 Å². The van der Waals surface area contributed by atoms with Gasteiger partial charge >= 0.3 is 39.5 Å². The minimum Gasteiger partial charge on any atom is -0.462 e. The molecule has 0 aliphatic rings. The molecule has 5 unspecified atom stereocenters. The number of rotatable bonds is 72. The summed E-state index contributed by atoms with van der Waals surface area (Å²) < 4.78 is 68.5. The van der Waals surface area contributed by atoms with E-state index in [2.05, 4.69) is 174 Å². The second-order valence-electron chi connectivity index (χ2n) is 25.5. The maximum absolute atomic E-state index is 13.1. The molecule has 19 heteroatoms. The molecule has 5 atom stereocenters. The summed E-state index contributed by atoms with van der Waals surface area (Å²) in [4.78, 5) is 73.0. The number of phosphoric acid groups is 2. The van der Waals surface area contributed by atoms with Crippen LogP contribution in [0.2, 0.25) is 0 Å². The Morgan fingerprint density at radius 1 is 0.284 bits per heavy atom. The van der Waals surface area contributed by atoms with Crippen LogP contribution in [0.1, 0.15) is 297 Å². The van der Waals surface area contributed by atoms with E-state index in [9.17, 15) is 43.2 Å². The molecular formula is C83H138O17P2. The van der Waals surface area contributed by atoms with Crippen molar-refractivity contribution in [2.75, 3.05) is 39.6 Å². The van der Waals surface area contributed by atoms with Gasteiger partial charge in [0.1, 0.15) is 19.3 Å². The summed E-state index contributed by atoms with van der Waals surface area (Å²) in [5.74, 6) is -2.26. The molecule has 0 aromatic heterocycles. The molecule has 0 saturated carbocycles. The van der Waals surface area contributed by atoms with Gasteiger partial charge in [-0.1, -0.05) is 257 Å². The lowest BCUT2D eigenvalue weighted by molar-refractivity contribution is -0.161. The number of hydrogen-bond acceptors (Lipinski definition) is 15. The molecule has 0 spiro atoms. The fraction of sp³-hybridized carbons (Fsp3) is 0.663. The van der Waals surface area contributed by atoms with Gasteiger partial charge in [-0.05, 0) is 161 Å². The SMILES string of the molecule is CC/C=C\C/C=C\C/C=C\C/C=C\CCCCCCC(=O)OCC(COP(=O)(O)OCC(O)COP(=O)(O)OCC(COC(=O)CCCCCCC/C=C\C/C=C\CCCCC)OC(=O)CCCCCCC/C=C\C/C=C\CCC)OC(=O)CCCCCC/C=C\C/C=C\C/C=C\C/C=C\CC. The number of allylic oxidation sites excluding steroid dienone is 24. The third kappa shape index (κ3) is 73.3. The molecule has 102 heavy (non-hydrogen) atoms. The molecule has 0 aliphatic heterocycles. The van der Waals surface area contributed by atoms with Crippen molar-refractivity contribution >= 4 is 39.5 Å². The van der Waals surface area contributed by atoms with Crippen LogP contribution in [0, 0.1) is 0 Å². The lowest BCUT2D eigenvalue weighted by Crippen LogP contribution is -2.30. The number of hydrogen-bond donors (Lipinski definition) is 3. The predicted octanol–water partition coefficient (Wildman–Crippen LogP) is 22.7. The van der Waals surface area contributed by atoms with E-state index in [0.29, 0.717) is 25.7 Å². The van der Waals surface area contributed by atoms with Gasteiger partial charge in [-0.2, -0.15) is 0 Å². The molecule has 0 aliphatic carbocycles. The highest BCUT2D eigenvalue weighted by atomic mass is 31.2. The average Bonchev–Trinajstić information content (AvgIpc) is 0.959. The maximum Gasteiger partial charge on any atom is 0.472 e. The Labute approximate surface area is 617 Å². The van der Waals surface area contributed by atoms with Crippen molar-refractivity contribution in [2.24, 2.45) is 0 Å². The molecule has 0 fully saturated rings. The fourth-order valence-electron chi connectivity index (χ4n) is 9.86. The quantitative estimate of drug-likeness (QED) is 0.0169. The lowest BCUT2D eigenvalue weighted by Gasteiger charge is -2.21. The number of esters is 4. The fourth-order valence-corrected chi connectivity index (χ4v) is 11.4. The number of unbranched alkanes of at least 4 members (excludes halogenated alkanes) is 22. The van der Waals surface area contributed by atoms with Gasteiger partial charge in [-0.3, -0.25) is 37.3 Å². The Balaban J connectivity index is 5.43. The zero-order valence-electron chi connectivity index (χ0n) is 63.5. The number of ether oxygens (including phenoxy) is 4. The Morgan fingerprint density at radius 2 is 0.529 bits per heavy atom. The standard InChI is InChI=1S/C83H138O17P2/c1-5-9-13-17-21-25-29-33-36-38-41-45-48-52-56-60-64-68-81(86)94-74-79(100-83(88)70-66-62-58-54-50-46-42-39-37-34-30-26-22-18-14-10-6-2)76-98-102(91,92)96-72-77(84)71-95-101(89,90)97-75-78(99-82(87)69-65-61-57-53-49-43-32-28-24-20-16-12-8-4)73-93-80(85)67-63-59-55-51-47-44-40-35-31-27-23-19-15-11-7-3/h9-10,13-14,16,20-23,25-28,32-37,40-42,45-46,77-79,84H,5-8,11-12,15,17-19,24,29-31,38-39,43-44,47-76H2,1-4H3,(H,89,90)(H,91,92)/b13-9-,14-10-,20-16-,25-21-,26-22-,27-23-,32-28-,36-33-,37-34-,40-35-,45-41-,46-42-. The molecule has 17 nitrogen and oxygen atoms in total. The van der Waals surface area contributed by atoms with Crippen LogP contribution < -0.4 is 0 Å². The first-order valence-corrected chi connectivity index (χ1v) is 42.1. The smallest absolute Gasteiger partial charge is 0.462 e. The molecule has 0 aromatic carbocycles. The molecule has 0 bridgehead atoms. The van der Waals surface area contributed by atoms with E-state index in [0.717, 1.165) is 199 Å². The molecule has 0 aromatic rings. The van der Waals surface area contributed by atoms with Crippen molar-refractivity contribution < 1.29 is 80.2 Å². The third-order valence-corrected chi connectivity index (χ3v) is 17.7. The number of phosphoric ester groups is 2. The van der Waals surface area contributed by atoms with Crippen LogP contribution in [0.15, 0.2) is 146 Å². The van der Waals surface area contributed by atoms with Gasteiger partial charge in [0, 0.05) is 25.7 Å². The van der Waals surface area contributed by atoms with Crippen LogP contribution in [0.3, 0.4) is 0 Å². The number of aliphatic hydroxyl groups excluding tert-OH is 1. The molecule has 582 valence electrons. The van der Waals surface area contributed by atoms with Gasteiger partial charge in [-0.25, -0.2) is 9.13 Å². The molecule has 0 radical (unpaired) electrons. The van der Waals surface area contributed by atoms with Crippen molar-refractivity contribution in [3.8, 4) is 0 Å². The number of aliphatic hydroxyl groups is 1. The minimum atomic E-state index is -5.00. The summed E-state index contributed by atoms with van der Waals surface area (Å²) in [5, 5.41) is 10.6. The predicted molar refractivity (Wildman–Crippen MR) is 417 cm³/mol. The van der Waals surface area contributed by atoms with Crippen molar-refractivity contribution in [1.29, 1.82) is 0 Å². The zero-order valence-corrected chi connectivity index (χ0v) is 65.3. The van der Waals surface area contributed by atoms with Crippen molar-refractivity contribution in [3.05, 3.63) is 146 Å². The Hall–Kier alpha value is -5.06. The summed E-state index contributed by atoms with van der Waals surface area (Å²) >= 11 is 0. The van der Waals surface area contributed by atoms with E-state index in [-0.39, 0.29) is 25.7 Å². The van der Waals surface area contributed by atoms with E-state index >= 15 is 0 Å². The summed E-state index contributed by atoms with van der Waals surface area (Å²) in [6.07, 6.45) is 84.0. The zero-order chi connectivity index (χ0) is 74.6. The first kappa shape index (κ1) is 96.9. The number of carbonyl (C=O) groups is 4. The topological polar surface area (TPSA) is 237 Å². The van der Waals surface area contributed by atoms with E-state index in [1.807, 2.05) is 0 Å². The second-order valence-corrected chi connectivity index (χ2v) is 28.4. The Kier molecular flexibility index (Phi) is 70.5. The molecular weight excluding hydrogens is 1330 g/mol. The summed E-state index contributed by atoms with van der Waals surface area (Å²) in [5.41, 5.74) is 0. The second kappa shape index (κ2) is 74.2. The van der Waals surface area contributed by atoms with Crippen LogP contribution in [0.5, 0.6) is 0 Å². The monoisotopic (exact) mass is 1470 g/mol. The first-order valence-electron chi connectivity index (χ1n) is 39.1. The highest BCUT2D eigenvalue weighted by molar-refractivity contribution is 7.47. The van der Waals surface area contributed by atoms with Crippen molar-refractivity contribution in [1.82, 2.24) is 0 Å². The van der Waals surface area contributed by atoms with Gasteiger partial charge in [0.15, 0.2) is 12.2 Å². The maximum atomic E-state index is 13.1. The van der Waals surface area contributed by atoms with Crippen LogP contribution in [-0.4, -0.2) is 96.7 Å². The average molecular weight is 1470 g/mol. The molecule has 0 rings (SSSR count). The van der Waals surface area contributed by atoms with Gasteiger partial charge in [0.05, 0.1) is 26.4 Å². The minimum absolute atomic E-state index is 0.0562. The molecule has 0 amide bonds. The molecule has 0 saturated heterocycles. The summed E-state index contributed by atoms with van der Waals surface area (Å²) in [7, 11) is -9.99. The van der Waals surface area contributed by atoms with E-state index < -0.39 is 97.5 Å². The third-order valence-electron chi connectivity index (χ3n) is 15.7. The first-order chi connectivity index (χ1) is 49.7. The lowest BCUT2D eigenvalue weighted by atomic mass is 10.1. The highest BCUT2D eigenvalue weighted by Crippen LogP contribution is 2.45. The largest absolute Gasteiger partial charge is 0.472 e. The van der Waals surface area contributed by atoms with Gasteiger partial charge in [0.25, 0.3) is 0 Å². The van der Waals surface area contributed by atoms with Crippen LogP contribution in [-0.2, 0) is 65.4 Å². The summed E-state index contributed by atoms with van der Waals surface area (Å²) in [6.45, 7) is 4.46. The van der Waals surface area contributed by atoms with Gasteiger partial charge in [0.2, 0.25) is 0 Å². The van der Waals surface area contributed by atoms with E-state index in [4.69, 9.17) is 37.0 Å². The Morgan fingerprint density at radius 3 is 0.824 bits per heavy atom. The van der Waals surface area contributed by atoms with Crippen molar-refractivity contribution in [2.45, 2.75) is 316 Å². The van der Waals surface area contributed by atoms with E-state index in [1.165, 1.54) is 19.3 Å². The number of carbonyl (C=O) groups excluding carboxylic acids is 4. The van der Waals surface area contributed by atoms with Crippen LogP contribution in [0.4, 0.5) is 0 Å². The Bertz CT molecular complexity index is 2510. The van der Waals surface area contributed by atoms with Gasteiger partial charge in [-0.15, -0.1) is 0 Å².